The van der Waals surface area contributed by atoms with E-state index in [-0.39, 0.29) is 69.7 Å². The number of ether oxygens (including phenoxy) is 7. The molecule has 3 heterocycles. The molecule has 1 aliphatic carbocycles. The number of rotatable bonds is 28. The van der Waals surface area contributed by atoms with E-state index in [0.29, 0.717) is 31.4 Å². The van der Waals surface area contributed by atoms with Gasteiger partial charge in [-0.25, -0.2) is 0 Å². The Bertz CT molecular complexity index is 1670. The average molecular weight is 1020 g/mol. The van der Waals surface area contributed by atoms with Gasteiger partial charge >= 0.3 is 11.9 Å². The van der Waals surface area contributed by atoms with Gasteiger partial charge in [-0.05, 0) is 44.3 Å². The molecule has 1 saturated carbocycles. The Kier molecular flexibility index (Phi) is 24.4. The fourth-order valence-electron chi connectivity index (χ4n) is 8.25. The Hall–Kier alpha value is -2.47. The number of nitrogens with one attached hydrogen (secondary N) is 1. The van der Waals surface area contributed by atoms with Gasteiger partial charge < -0.3 is 88.2 Å². The summed E-state index contributed by atoms with van der Waals surface area (Å²) in [6.07, 6.45) is -14.5. The zero-order valence-corrected chi connectivity index (χ0v) is 40.1. The molecule has 0 aromatic heterocycles. The molecule has 8 N–H and O–H groups in total. The number of aliphatic hydroxyl groups excluding tert-OH is 7. The number of hydrogen-bond acceptors (Lipinski definition) is 24. The molecule has 4 rings (SSSR count). The molecule has 3 amide bonds. The molecule has 0 spiro atoms. The average Bonchev–Trinajstić information content (AvgIpc) is 3.60. The molecule has 0 aromatic rings. The maximum atomic E-state index is 12.8. The summed E-state index contributed by atoms with van der Waals surface area (Å²) in [7, 11) is -0.960. The molecule has 8 unspecified atom stereocenters. The van der Waals surface area contributed by atoms with Crippen LogP contribution in [-0.2, 0) is 70.7 Å². The van der Waals surface area contributed by atoms with Gasteiger partial charge in [-0.2, -0.15) is 0 Å². The van der Waals surface area contributed by atoms with Crippen molar-refractivity contribution in [1.82, 2.24) is 10.2 Å². The lowest BCUT2D eigenvalue weighted by molar-refractivity contribution is -0.326. The molecule has 25 nitrogen and oxygen atoms in total. The van der Waals surface area contributed by atoms with E-state index >= 15 is 0 Å². The maximum absolute atomic E-state index is 12.8. The summed E-state index contributed by atoms with van der Waals surface area (Å²) in [5.41, 5.74) is 0. The van der Waals surface area contributed by atoms with Crippen LogP contribution in [0, 0.1) is 11.8 Å². The van der Waals surface area contributed by atoms with Gasteiger partial charge in [-0.1, -0.05) is 19.3 Å². The highest BCUT2D eigenvalue weighted by molar-refractivity contribution is 8.00. The van der Waals surface area contributed by atoms with Crippen molar-refractivity contribution < 1.29 is 111 Å². The first-order valence-electron chi connectivity index (χ1n) is 22.7. The third-order valence-electron chi connectivity index (χ3n) is 12.2. The van der Waals surface area contributed by atoms with E-state index in [0.717, 1.165) is 40.6 Å². The van der Waals surface area contributed by atoms with Gasteiger partial charge in [0.2, 0.25) is 17.7 Å². The van der Waals surface area contributed by atoms with E-state index in [1.54, 1.807) is 0 Å². The van der Waals surface area contributed by atoms with Crippen LogP contribution in [0.25, 0.3) is 0 Å². The molecule has 68 heavy (non-hydrogen) atoms. The number of methoxy groups -OCH3 is 2. The van der Waals surface area contributed by atoms with Crippen molar-refractivity contribution in [3.63, 3.8) is 0 Å². The van der Waals surface area contributed by atoms with Crippen molar-refractivity contribution in [2.75, 3.05) is 66.6 Å². The number of amides is 3. The number of phosphoric acid groups is 1. The summed E-state index contributed by atoms with van der Waals surface area (Å²) in [6, 6.07) is 0. The predicted octanol–water partition coefficient (Wildman–Crippen LogP) is -3.02. The number of carbonyl (C=O) groups excluding carboxylic acids is 5. The molecule has 0 bridgehead atoms. The first kappa shape index (κ1) is 58.1. The van der Waals surface area contributed by atoms with Gasteiger partial charge in [0.1, 0.15) is 48.8 Å². The zero-order chi connectivity index (χ0) is 50.1. The Morgan fingerprint density at radius 2 is 1.37 bits per heavy atom. The minimum atomic E-state index is -4.23. The summed E-state index contributed by atoms with van der Waals surface area (Å²) in [5, 5.41) is 75.3. The fraction of sp³-hybridized carbons (Fsp3) is 0.878. The SMILES string of the molecule is COC(=O)C1C[C@H](OCC2O[C@H](OCCNC(=O)CCCCCN3C(=O)CC(SCCCCCCOP(=O)([O-])OC)C3=O)C(O)[C@@H](O)[C@@H]2O)C(O[C@H]2OC(CO)[C@@H](O)[C@H](O)C2O)C[C@@H]1C(=O)OC. The van der Waals surface area contributed by atoms with Crippen LogP contribution in [0.15, 0.2) is 0 Å². The van der Waals surface area contributed by atoms with Crippen LogP contribution in [0.2, 0.25) is 0 Å². The minimum Gasteiger partial charge on any atom is -0.756 e. The number of hydrogen-bond donors (Lipinski definition) is 8. The molecule has 3 saturated heterocycles. The number of phosphoric ester groups is 1. The summed E-state index contributed by atoms with van der Waals surface area (Å²) >= 11 is 1.43. The molecular formula is C41H68N2O23PS-. The van der Waals surface area contributed by atoms with Crippen LogP contribution < -0.4 is 10.2 Å². The van der Waals surface area contributed by atoms with Crippen LogP contribution in [0.4, 0.5) is 0 Å². The Labute approximate surface area is 397 Å². The third kappa shape index (κ3) is 16.5. The molecule has 16 atom stereocenters. The topological polar surface area (TPSA) is 365 Å². The Balaban J connectivity index is 1.18. The standard InChI is InChI=1S/C41H69N2O23PS/c1-58-38(54)22-17-24(25(18-23(22)39(55)59-2)64-41-36(52)33(49)31(47)26(20-44)65-41)62-21-27-32(48)34(50)35(51)40(66-27)61-15-12-42-29(45)11-7-6-8-13-43-30(46)19-28(37(43)53)68-16-10-5-4-9-14-63-67(56,57)60-3/h22-28,31-36,40-41,44,47-52H,4-21H2,1-3H3,(H,42,45)(H,56,57)/p-1/t22?,23-,24-,25?,26?,27?,28?,31+,32+,33-,34-,35?,36?,40-,41-/m0/s1. The number of thioether (sulfide) groups is 1. The van der Waals surface area contributed by atoms with E-state index < -0.39 is 124 Å². The van der Waals surface area contributed by atoms with Gasteiger partial charge in [0, 0.05) is 33.0 Å². The maximum Gasteiger partial charge on any atom is 0.309 e. The number of unbranched alkanes of at least 4 members (excludes halogenated alkanes) is 5. The second kappa shape index (κ2) is 28.5. The highest BCUT2D eigenvalue weighted by Crippen LogP contribution is 2.39. The molecule has 4 fully saturated rings. The quantitative estimate of drug-likeness (QED) is 0.0167. The third-order valence-corrected chi connectivity index (χ3v) is 14.4. The predicted molar refractivity (Wildman–Crippen MR) is 229 cm³/mol. The second-order valence-corrected chi connectivity index (χ2v) is 19.7. The summed E-state index contributed by atoms with van der Waals surface area (Å²) in [6.45, 7) is -1.19. The smallest absolute Gasteiger partial charge is 0.309 e. The van der Waals surface area contributed by atoms with Crippen molar-refractivity contribution in [2.45, 2.75) is 149 Å². The lowest BCUT2D eigenvalue weighted by Crippen LogP contribution is -2.61. The summed E-state index contributed by atoms with van der Waals surface area (Å²) in [5.74, 6) is -3.92. The highest BCUT2D eigenvalue weighted by Gasteiger charge is 2.51. The molecule has 0 aromatic carbocycles. The number of nitrogens with zero attached hydrogens (tertiary/aromatic N) is 1. The van der Waals surface area contributed by atoms with Gasteiger partial charge in [-0.15, -0.1) is 11.8 Å². The monoisotopic (exact) mass is 1020 g/mol. The van der Waals surface area contributed by atoms with Gasteiger partial charge in [0.15, 0.2) is 12.6 Å². The van der Waals surface area contributed by atoms with Crippen molar-refractivity contribution in [3.8, 4) is 0 Å². The van der Waals surface area contributed by atoms with Crippen molar-refractivity contribution in [2.24, 2.45) is 11.8 Å². The lowest BCUT2D eigenvalue weighted by Gasteiger charge is -2.45. The number of imide groups is 1. The molecule has 3 aliphatic heterocycles. The first-order valence-corrected chi connectivity index (χ1v) is 25.2. The minimum absolute atomic E-state index is 0.0240. The molecule has 27 heteroatoms. The van der Waals surface area contributed by atoms with Crippen molar-refractivity contribution in [1.29, 1.82) is 0 Å². The van der Waals surface area contributed by atoms with Gasteiger partial charge in [0.05, 0.1) is 69.9 Å². The molecular weight excluding hydrogens is 951 g/mol. The van der Waals surface area contributed by atoms with Crippen LogP contribution in [0.3, 0.4) is 0 Å². The largest absolute Gasteiger partial charge is 0.756 e. The van der Waals surface area contributed by atoms with Crippen LogP contribution in [-0.4, -0.2) is 216 Å². The van der Waals surface area contributed by atoms with Crippen molar-refractivity contribution >= 4 is 49.2 Å². The molecule has 4 aliphatic rings. The number of aliphatic hydroxyl groups is 7. The second-order valence-electron chi connectivity index (χ2n) is 16.8. The summed E-state index contributed by atoms with van der Waals surface area (Å²) in [4.78, 5) is 76.0. The van der Waals surface area contributed by atoms with E-state index in [1.165, 1.54) is 16.7 Å². The van der Waals surface area contributed by atoms with E-state index in [1.807, 2.05) is 0 Å². The van der Waals surface area contributed by atoms with E-state index in [9.17, 15) is 69.2 Å². The van der Waals surface area contributed by atoms with E-state index in [4.69, 9.17) is 33.2 Å². The molecule has 0 radical (unpaired) electrons. The number of likely N-dealkylation sites (tertiary alicyclic amines) is 1. The number of esters is 2. The summed E-state index contributed by atoms with van der Waals surface area (Å²) < 4.78 is 58.8. The Morgan fingerprint density at radius 1 is 0.765 bits per heavy atom. The first-order chi connectivity index (χ1) is 32.4. The van der Waals surface area contributed by atoms with Crippen molar-refractivity contribution in [3.05, 3.63) is 0 Å². The highest BCUT2D eigenvalue weighted by atomic mass is 32.2. The lowest BCUT2D eigenvalue weighted by atomic mass is 9.76. The van der Waals surface area contributed by atoms with Gasteiger partial charge in [-0.3, -0.25) is 33.4 Å². The number of carbonyl (C=O) groups is 5. The fourth-order valence-corrected chi connectivity index (χ4v) is 9.90. The van der Waals surface area contributed by atoms with Crippen LogP contribution >= 0.6 is 19.6 Å². The normalized spacial score (nSPS) is 34.1. The molecule has 392 valence electrons. The van der Waals surface area contributed by atoms with Gasteiger partial charge in [0.25, 0.3) is 7.82 Å². The zero-order valence-electron chi connectivity index (χ0n) is 38.4. The Morgan fingerprint density at radius 3 is 2.01 bits per heavy atom. The van der Waals surface area contributed by atoms with Crippen LogP contribution in [0.5, 0.6) is 0 Å². The van der Waals surface area contributed by atoms with E-state index in [2.05, 4.69) is 14.4 Å². The van der Waals surface area contributed by atoms with Crippen LogP contribution in [0.1, 0.15) is 70.6 Å².